The molecule has 1 saturated heterocycles. The van der Waals surface area contributed by atoms with Crippen LogP contribution in [0.15, 0.2) is 24.3 Å². The van der Waals surface area contributed by atoms with Crippen molar-refractivity contribution in [2.24, 2.45) is 5.92 Å². The summed E-state index contributed by atoms with van der Waals surface area (Å²) < 4.78 is 0. The first kappa shape index (κ1) is 11.8. The highest BCUT2D eigenvalue weighted by Crippen LogP contribution is 2.33. The van der Waals surface area contributed by atoms with Gasteiger partial charge in [0.05, 0.1) is 0 Å². The summed E-state index contributed by atoms with van der Waals surface area (Å²) in [5.41, 5.74) is 1.29. The van der Waals surface area contributed by atoms with Gasteiger partial charge in [-0.15, -0.1) is 0 Å². The van der Waals surface area contributed by atoms with Crippen LogP contribution in [0.4, 0.5) is 0 Å². The van der Waals surface area contributed by atoms with Crippen molar-refractivity contribution in [1.82, 2.24) is 5.32 Å². The van der Waals surface area contributed by atoms with Gasteiger partial charge in [-0.3, -0.25) is 0 Å². The van der Waals surface area contributed by atoms with Gasteiger partial charge in [-0.25, -0.2) is 0 Å². The summed E-state index contributed by atoms with van der Waals surface area (Å²) in [5.74, 6) is 3.63. The van der Waals surface area contributed by atoms with Crippen molar-refractivity contribution >= 4 is 11.8 Å². The Morgan fingerprint density at radius 2 is 1.88 bits per heavy atom. The standard InChI is InChI=1S/C13H19NOS/c1-14-13(11-6-8-16-9-7-11)10-2-4-12(15)5-3-10/h2-5,11,13-15H,6-9H2,1H3. The van der Waals surface area contributed by atoms with Crippen LogP contribution < -0.4 is 5.32 Å². The van der Waals surface area contributed by atoms with E-state index < -0.39 is 0 Å². The Balaban J connectivity index is 2.11. The van der Waals surface area contributed by atoms with E-state index >= 15 is 0 Å². The highest BCUT2D eigenvalue weighted by molar-refractivity contribution is 7.99. The third kappa shape index (κ3) is 2.71. The molecular formula is C13H19NOS. The largest absolute Gasteiger partial charge is 0.508 e. The molecule has 1 unspecified atom stereocenters. The fourth-order valence-corrected chi connectivity index (χ4v) is 3.55. The van der Waals surface area contributed by atoms with Crippen molar-refractivity contribution in [3.05, 3.63) is 29.8 Å². The summed E-state index contributed by atoms with van der Waals surface area (Å²) in [4.78, 5) is 0. The highest BCUT2D eigenvalue weighted by atomic mass is 32.2. The monoisotopic (exact) mass is 237 g/mol. The van der Waals surface area contributed by atoms with Crippen molar-refractivity contribution in [2.45, 2.75) is 18.9 Å². The summed E-state index contributed by atoms with van der Waals surface area (Å²) in [7, 11) is 2.03. The zero-order valence-corrected chi connectivity index (χ0v) is 10.5. The molecule has 0 saturated carbocycles. The average molecular weight is 237 g/mol. The van der Waals surface area contributed by atoms with E-state index in [4.69, 9.17) is 0 Å². The average Bonchev–Trinajstić information content (AvgIpc) is 2.34. The molecule has 1 fully saturated rings. The number of phenolic OH excluding ortho intramolecular Hbond substituents is 1. The maximum absolute atomic E-state index is 9.30. The van der Waals surface area contributed by atoms with Gasteiger partial charge in [-0.1, -0.05) is 12.1 Å². The molecule has 0 radical (unpaired) electrons. The van der Waals surface area contributed by atoms with Gasteiger partial charge in [-0.2, -0.15) is 11.8 Å². The van der Waals surface area contributed by atoms with Crippen molar-refractivity contribution < 1.29 is 5.11 Å². The first-order chi connectivity index (χ1) is 7.81. The van der Waals surface area contributed by atoms with Crippen molar-refractivity contribution in [3.8, 4) is 5.75 Å². The second-order valence-electron chi connectivity index (χ2n) is 4.31. The van der Waals surface area contributed by atoms with Crippen LogP contribution in [0.2, 0.25) is 0 Å². The first-order valence-electron chi connectivity index (χ1n) is 5.85. The quantitative estimate of drug-likeness (QED) is 0.848. The van der Waals surface area contributed by atoms with Crippen molar-refractivity contribution in [2.75, 3.05) is 18.6 Å². The number of hydrogen-bond donors (Lipinski definition) is 2. The molecule has 1 atom stereocenters. The van der Waals surface area contributed by atoms with E-state index in [1.165, 1.54) is 29.9 Å². The molecule has 1 aromatic rings. The van der Waals surface area contributed by atoms with Crippen LogP contribution in [0.3, 0.4) is 0 Å². The SMILES string of the molecule is CNC(c1ccc(O)cc1)C1CCSCC1. The van der Waals surface area contributed by atoms with Crippen LogP contribution in [0.5, 0.6) is 5.75 Å². The lowest BCUT2D eigenvalue weighted by molar-refractivity contribution is 0.358. The van der Waals surface area contributed by atoms with E-state index in [1.807, 2.05) is 19.2 Å². The molecule has 0 aromatic heterocycles. The van der Waals surface area contributed by atoms with Crippen LogP contribution in [-0.2, 0) is 0 Å². The maximum Gasteiger partial charge on any atom is 0.115 e. The zero-order chi connectivity index (χ0) is 11.4. The number of nitrogens with one attached hydrogen (secondary N) is 1. The van der Waals surface area contributed by atoms with Gasteiger partial charge in [0.25, 0.3) is 0 Å². The Morgan fingerprint density at radius 3 is 2.44 bits per heavy atom. The van der Waals surface area contributed by atoms with Crippen molar-refractivity contribution in [1.29, 1.82) is 0 Å². The van der Waals surface area contributed by atoms with Gasteiger partial charge in [0.1, 0.15) is 5.75 Å². The van der Waals surface area contributed by atoms with Gasteiger partial charge in [0.2, 0.25) is 0 Å². The molecule has 88 valence electrons. The predicted molar refractivity (Wildman–Crippen MR) is 70.0 cm³/mol. The van der Waals surface area contributed by atoms with E-state index in [-0.39, 0.29) is 0 Å². The summed E-state index contributed by atoms with van der Waals surface area (Å²) in [6.45, 7) is 0. The number of thioether (sulfide) groups is 1. The summed E-state index contributed by atoms with van der Waals surface area (Å²) in [5, 5.41) is 12.7. The zero-order valence-electron chi connectivity index (χ0n) is 9.65. The lowest BCUT2D eigenvalue weighted by Crippen LogP contribution is -2.28. The predicted octanol–water partition coefficient (Wildman–Crippen LogP) is 2.80. The molecular weight excluding hydrogens is 218 g/mol. The molecule has 16 heavy (non-hydrogen) atoms. The molecule has 3 heteroatoms. The summed E-state index contributed by atoms with van der Waals surface area (Å²) >= 11 is 2.06. The van der Waals surface area contributed by atoms with Crippen LogP contribution in [0, 0.1) is 5.92 Å². The minimum Gasteiger partial charge on any atom is -0.508 e. The van der Waals surface area contributed by atoms with Crippen molar-refractivity contribution in [3.63, 3.8) is 0 Å². The van der Waals surface area contributed by atoms with Crippen LogP contribution in [0.1, 0.15) is 24.4 Å². The molecule has 2 rings (SSSR count). The van der Waals surface area contributed by atoms with Gasteiger partial charge in [0, 0.05) is 6.04 Å². The molecule has 1 aliphatic rings. The first-order valence-corrected chi connectivity index (χ1v) is 7.00. The highest BCUT2D eigenvalue weighted by Gasteiger charge is 2.23. The topological polar surface area (TPSA) is 32.3 Å². The fraction of sp³-hybridized carbons (Fsp3) is 0.538. The van der Waals surface area contributed by atoms with E-state index in [0.717, 1.165) is 5.92 Å². The molecule has 1 aromatic carbocycles. The smallest absolute Gasteiger partial charge is 0.115 e. The minimum atomic E-state index is 0.345. The van der Waals surface area contributed by atoms with E-state index in [0.29, 0.717) is 11.8 Å². The Hall–Kier alpha value is -0.670. The molecule has 0 amide bonds. The maximum atomic E-state index is 9.30. The summed E-state index contributed by atoms with van der Waals surface area (Å²) in [6, 6.07) is 8.03. The molecule has 2 nitrogen and oxygen atoms in total. The second-order valence-corrected chi connectivity index (χ2v) is 5.53. The Labute approximate surface area is 101 Å². The Kier molecular flexibility index (Phi) is 4.13. The Morgan fingerprint density at radius 1 is 1.25 bits per heavy atom. The number of benzene rings is 1. The van der Waals surface area contributed by atoms with Crippen LogP contribution >= 0.6 is 11.8 Å². The lowest BCUT2D eigenvalue weighted by Gasteiger charge is -2.30. The second kappa shape index (κ2) is 5.60. The summed E-state index contributed by atoms with van der Waals surface area (Å²) in [6.07, 6.45) is 2.58. The van der Waals surface area contributed by atoms with Gasteiger partial charge in [0.15, 0.2) is 0 Å². The minimum absolute atomic E-state index is 0.345. The molecule has 0 bridgehead atoms. The molecule has 0 spiro atoms. The lowest BCUT2D eigenvalue weighted by atomic mass is 9.88. The molecule has 1 heterocycles. The van der Waals surface area contributed by atoms with Crippen LogP contribution in [-0.4, -0.2) is 23.7 Å². The number of hydrogen-bond acceptors (Lipinski definition) is 3. The normalized spacial score (nSPS) is 19.6. The third-order valence-corrected chi connectivity index (χ3v) is 4.35. The molecule has 2 N–H and O–H groups in total. The van der Waals surface area contributed by atoms with E-state index in [2.05, 4.69) is 17.1 Å². The Bertz CT molecular complexity index is 319. The fourth-order valence-electron chi connectivity index (χ4n) is 2.41. The van der Waals surface area contributed by atoms with E-state index in [9.17, 15) is 5.11 Å². The number of aromatic hydroxyl groups is 1. The van der Waals surface area contributed by atoms with Crippen LogP contribution in [0.25, 0.3) is 0 Å². The number of rotatable bonds is 3. The van der Waals surface area contributed by atoms with Gasteiger partial charge in [-0.05, 0) is 55.0 Å². The molecule has 1 aliphatic heterocycles. The van der Waals surface area contributed by atoms with E-state index in [1.54, 1.807) is 12.1 Å². The molecule has 0 aliphatic carbocycles. The third-order valence-electron chi connectivity index (χ3n) is 3.30. The van der Waals surface area contributed by atoms with Gasteiger partial charge < -0.3 is 10.4 Å². The van der Waals surface area contributed by atoms with Gasteiger partial charge >= 0.3 is 0 Å². The number of phenols is 1.